The van der Waals surface area contributed by atoms with Gasteiger partial charge in [-0.3, -0.25) is 4.98 Å². The highest BCUT2D eigenvalue weighted by Crippen LogP contribution is 2.35. The van der Waals surface area contributed by atoms with Crippen molar-refractivity contribution in [1.29, 1.82) is 0 Å². The van der Waals surface area contributed by atoms with Gasteiger partial charge in [0, 0.05) is 16.5 Å². The largest absolute Gasteiger partial charge is 0.416 e. The Bertz CT molecular complexity index is 1110. The van der Waals surface area contributed by atoms with Crippen LogP contribution in [0.4, 0.5) is 18.9 Å². The van der Waals surface area contributed by atoms with Gasteiger partial charge in [0.25, 0.3) is 0 Å². The van der Waals surface area contributed by atoms with Crippen LogP contribution in [0.3, 0.4) is 0 Å². The van der Waals surface area contributed by atoms with Crippen LogP contribution in [-0.4, -0.2) is 4.98 Å². The number of hydrogen-bond acceptors (Lipinski definition) is 3. The minimum absolute atomic E-state index is 0.478. The van der Waals surface area contributed by atoms with Gasteiger partial charge in [0.2, 0.25) is 0 Å². The van der Waals surface area contributed by atoms with Gasteiger partial charge in [-0.05, 0) is 53.4 Å². The Hall–Kier alpha value is -2.99. The molecular weight excluding hydrogens is 381 g/mol. The summed E-state index contributed by atoms with van der Waals surface area (Å²) >= 11 is 1.13. The van der Waals surface area contributed by atoms with Crippen molar-refractivity contribution in [1.82, 2.24) is 4.98 Å². The quantitative estimate of drug-likeness (QED) is 0.375. The molecule has 28 heavy (non-hydrogen) atoms. The molecule has 0 atom stereocenters. The molecule has 6 heteroatoms. The van der Waals surface area contributed by atoms with Crippen molar-refractivity contribution >= 4 is 28.5 Å². The molecule has 0 amide bonds. The second-order valence-corrected chi connectivity index (χ2v) is 7.04. The van der Waals surface area contributed by atoms with E-state index in [1.54, 1.807) is 12.3 Å². The van der Waals surface area contributed by atoms with E-state index in [0.29, 0.717) is 4.90 Å². The van der Waals surface area contributed by atoms with E-state index in [0.717, 1.165) is 51.8 Å². The second-order valence-electron chi connectivity index (χ2n) is 6.16. The van der Waals surface area contributed by atoms with Crippen LogP contribution in [-0.2, 0) is 6.18 Å². The molecule has 0 spiro atoms. The maximum atomic E-state index is 12.9. The highest BCUT2D eigenvalue weighted by atomic mass is 32.2. The Kier molecular flexibility index (Phi) is 4.96. The third kappa shape index (κ3) is 3.82. The van der Waals surface area contributed by atoms with E-state index in [4.69, 9.17) is 0 Å². The average molecular weight is 396 g/mol. The first-order chi connectivity index (χ1) is 13.5. The summed E-state index contributed by atoms with van der Waals surface area (Å²) in [5.74, 6) is 0. The molecule has 0 unspecified atom stereocenters. The minimum atomic E-state index is -4.36. The van der Waals surface area contributed by atoms with E-state index in [1.807, 2.05) is 54.6 Å². The lowest BCUT2D eigenvalue weighted by Gasteiger charge is -2.13. The molecule has 1 heterocycles. The van der Waals surface area contributed by atoms with E-state index < -0.39 is 11.7 Å². The van der Waals surface area contributed by atoms with E-state index in [-0.39, 0.29) is 0 Å². The first-order valence-corrected chi connectivity index (χ1v) is 9.37. The Morgan fingerprint density at radius 3 is 2.43 bits per heavy atom. The van der Waals surface area contributed by atoms with E-state index in [9.17, 15) is 13.2 Å². The second kappa shape index (κ2) is 7.56. The van der Waals surface area contributed by atoms with Crippen molar-refractivity contribution < 1.29 is 13.2 Å². The number of hydrogen-bond donors (Lipinski definition) is 1. The number of alkyl halides is 3. The van der Waals surface area contributed by atoms with Crippen LogP contribution in [0, 0.1) is 0 Å². The van der Waals surface area contributed by atoms with E-state index in [1.165, 1.54) is 6.07 Å². The monoisotopic (exact) mass is 396 g/mol. The van der Waals surface area contributed by atoms with Gasteiger partial charge in [0.15, 0.2) is 0 Å². The summed E-state index contributed by atoms with van der Waals surface area (Å²) in [7, 11) is 0. The lowest BCUT2D eigenvalue weighted by molar-refractivity contribution is -0.137. The SMILES string of the molecule is FC(F)(F)c1cccc(SNc2ccc(-c3ccccc3)c3cccnc23)c1. The molecule has 0 saturated heterocycles. The van der Waals surface area contributed by atoms with Gasteiger partial charge >= 0.3 is 6.18 Å². The highest BCUT2D eigenvalue weighted by molar-refractivity contribution is 8.00. The Balaban J connectivity index is 1.66. The summed E-state index contributed by atoms with van der Waals surface area (Å²) in [5, 5.41) is 0.975. The number of halogens is 3. The number of fused-ring (bicyclic) bond motifs is 1. The molecule has 0 aliphatic heterocycles. The van der Waals surface area contributed by atoms with Gasteiger partial charge in [-0.25, -0.2) is 0 Å². The summed E-state index contributed by atoms with van der Waals surface area (Å²) < 4.78 is 41.9. The number of anilines is 1. The van der Waals surface area contributed by atoms with Crippen molar-refractivity contribution in [3.63, 3.8) is 0 Å². The van der Waals surface area contributed by atoms with Crippen molar-refractivity contribution in [2.24, 2.45) is 0 Å². The van der Waals surface area contributed by atoms with Crippen molar-refractivity contribution in [2.45, 2.75) is 11.1 Å². The fraction of sp³-hybridized carbons (Fsp3) is 0.0455. The zero-order chi connectivity index (χ0) is 19.6. The first kappa shape index (κ1) is 18.4. The smallest absolute Gasteiger partial charge is 0.324 e. The third-order valence-corrected chi connectivity index (χ3v) is 5.11. The Morgan fingerprint density at radius 1 is 0.821 bits per heavy atom. The molecule has 0 saturated carbocycles. The standard InChI is InChI=1S/C22H15F3N2S/c23-22(24,25)16-8-4-9-17(14-16)28-27-20-12-11-18(15-6-2-1-3-7-15)19-10-5-13-26-21(19)20/h1-14,27H. The number of benzene rings is 3. The normalized spacial score (nSPS) is 11.5. The lowest BCUT2D eigenvalue weighted by atomic mass is 10.00. The zero-order valence-corrected chi connectivity index (χ0v) is 15.4. The number of pyridine rings is 1. The van der Waals surface area contributed by atoms with E-state index in [2.05, 4.69) is 9.71 Å². The molecule has 3 aromatic carbocycles. The van der Waals surface area contributed by atoms with Crippen LogP contribution in [0.25, 0.3) is 22.0 Å². The molecule has 140 valence electrons. The fourth-order valence-electron chi connectivity index (χ4n) is 2.97. The number of rotatable bonds is 4. The van der Waals surface area contributed by atoms with Gasteiger partial charge < -0.3 is 4.72 Å². The number of nitrogens with one attached hydrogen (secondary N) is 1. The van der Waals surface area contributed by atoms with Gasteiger partial charge in [0.05, 0.1) is 16.8 Å². The average Bonchev–Trinajstić information content (AvgIpc) is 2.72. The maximum Gasteiger partial charge on any atom is 0.416 e. The maximum absolute atomic E-state index is 12.9. The Morgan fingerprint density at radius 2 is 1.64 bits per heavy atom. The molecule has 0 aliphatic rings. The summed E-state index contributed by atoms with van der Waals surface area (Å²) in [4.78, 5) is 4.96. The van der Waals surface area contributed by atoms with Crippen LogP contribution in [0.1, 0.15) is 5.56 Å². The molecule has 0 radical (unpaired) electrons. The van der Waals surface area contributed by atoms with Crippen molar-refractivity contribution in [3.8, 4) is 11.1 Å². The topological polar surface area (TPSA) is 24.9 Å². The summed E-state index contributed by atoms with van der Waals surface area (Å²) in [6.45, 7) is 0. The van der Waals surface area contributed by atoms with Gasteiger partial charge in [-0.1, -0.05) is 48.5 Å². The lowest BCUT2D eigenvalue weighted by Crippen LogP contribution is -2.04. The molecule has 0 fully saturated rings. The molecular formula is C22H15F3N2S. The summed E-state index contributed by atoms with van der Waals surface area (Å²) in [6, 6.07) is 23.0. The first-order valence-electron chi connectivity index (χ1n) is 8.56. The highest BCUT2D eigenvalue weighted by Gasteiger charge is 2.30. The molecule has 1 aromatic heterocycles. The Labute approximate surface area is 164 Å². The predicted octanol–water partition coefficient (Wildman–Crippen LogP) is 7.04. The van der Waals surface area contributed by atoms with E-state index >= 15 is 0 Å². The van der Waals surface area contributed by atoms with Gasteiger partial charge in [0.1, 0.15) is 0 Å². The molecule has 2 nitrogen and oxygen atoms in total. The van der Waals surface area contributed by atoms with Gasteiger partial charge in [-0.2, -0.15) is 13.2 Å². The summed E-state index contributed by atoms with van der Waals surface area (Å²) in [6.07, 6.45) is -2.65. The fourth-order valence-corrected chi connectivity index (χ4v) is 3.70. The van der Waals surface area contributed by atoms with Gasteiger partial charge in [-0.15, -0.1) is 0 Å². The predicted molar refractivity (Wildman–Crippen MR) is 108 cm³/mol. The molecule has 4 aromatic rings. The molecule has 0 aliphatic carbocycles. The number of nitrogens with zero attached hydrogens (tertiary/aromatic N) is 1. The zero-order valence-electron chi connectivity index (χ0n) is 14.6. The van der Waals surface area contributed by atoms with Crippen LogP contribution < -0.4 is 4.72 Å². The summed E-state index contributed by atoms with van der Waals surface area (Å²) in [5.41, 5.74) is 2.98. The number of aromatic nitrogens is 1. The molecule has 1 N–H and O–H groups in total. The van der Waals surface area contributed by atoms with Crippen molar-refractivity contribution in [3.05, 3.63) is 90.6 Å². The molecule has 0 bridgehead atoms. The van der Waals surface area contributed by atoms with Crippen LogP contribution in [0.5, 0.6) is 0 Å². The third-order valence-electron chi connectivity index (χ3n) is 4.29. The van der Waals surface area contributed by atoms with Crippen LogP contribution >= 0.6 is 11.9 Å². The van der Waals surface area contributed by atoms with Crippen molar-refractivity contribution in [2.75, 3.05) is 4.72 Å². The van der Waals surface area contributed by atoms with Crippen LogP contribution in [0.15, 0.2) is 90.0 Å². The molecule has 4 rings (SSSR count). The van der Waals surface area contributed by atoms with Crippen LogP contribution in [0.2, 0.25) is 0 Å². The minimum Gasteiger partial charge on any atom is -0.324 e.